The lowest BCUT2D eigenvalue weighted by Gasteiger charge is -2.23. The van der Waals surface area contributed by atoms with Crippen molar-refractivity contribution in [1.82, 2.24) is 9.88 Å². The number of hydrogen-bond donors (Lipinski definition) is 1. The Hall–Kier alpha value is -1.81. The Morgan fingerprint density at radius 2 is 2.30 bits per heavy atom. The van der Waals surface area contributed by atoms with Gasteiger partial charge in [-0.15, -0.1) is 0 Å². The van der Waals surface area contributed by atoms with Gasteiger partial charge in [-0.1, -0.05) is 18.2 Å². The first-order valence-electron chi connectivity index (χ1n) is 7.14. The summed E-state index contributed by atoms with van der Waals surface area (Å²) in [4.78, 5) is 17.3. The number of aromatic amines is 1. The summed E-state index contributed by atoms with van der Waals surface area (Å²) >= 11 is 0. The number of nitrogens with one attached hydrogen (secondary N) is 1. The molecule has 0 radical (unpaired) electrons. The molecule has 1 unspecified atom stereocenters. The van der Waals surface area contributed by atoms with Crippen molar-refractivity contribution >= 4 is 16.8 Å². The summed E-state index contributed by atoms with van der Waals surface area (Å²) in [6, 6.07) is 8.46. The number of rotatable bonds is 4. The fraction of sp³-hybridized carbons (Fsp3) is 0.438. The van der Waals surface area contributed by atoms with Crippen LogP contribution >= 0.6 is 0 Å². The van der Waals surface area contributed by atoms with Gasteiger partial charge in [-0.3, -0.25) is 4.79 Å². The zero-order valence-electron chi connectivity index (χ0n) is 11.8. The average molecular weight is 272 g/mol. The quantitative estimate of drug-likeness (QED) is 0.928. The van der Waals surface area contributed by atoms with Gasteiger partial charge in [-0.2, -0.15) is 0 Å². The van der Waals surface area contributed by atoms with Crippen LogP contribution in [0.2, 0.25) is 0 Å². The molecule has 1 saturated heterocycles. The molecule has 1 N–H and O–H groups in total. The highest BCUT2D eigenvalue weighted by Crippen LogP contribution is 2.20. The van der Waals surface area contributed by atoms with E-state index in [1.807, 2.05) is 30.3 Å². The van der Waals surface area contributed by atoms with Crippen LogP contribution in [-0.4, -0.2) is 42.1 Å². The smallest absolute Gasteiger partial charge is 0.222 e. The van der Waals surface area contributed by atoms with Gasteiger partial charge in [-0.25, -0.2) is 0 Å². The van der Waals surface area contributed by atoms with Crippen molar-refractivity contribution in [3.63, 3.8) is 0 Å². The topological polar surface area (TPSA) is 45.3 Å². The molecular formula is C16H20N2O2. The second-order valence-corrected chi connectivity index (χ2v) is 5.38. The molecule has 1 aromatic carbocycles. The molecule has 106 valence electrons. The SMILES string of the molecule is CN(C(=O)CCc1c[nH]c2ccccc12)C1CCOC1. The molecule has 20 heavy (non-hydrogen) atoms. The molecule has 1 amide bonds. The Labute approximate surface area is 118 Å². The van der Waals surface area contributed by atoms with E-state index in [9.17, 15) is 4.79 Å². The van der Waals surface area contributed by atoms with Gasteiger partial charge in [0.2, 0.25) is 5.91 Å². The monoisotopic (exact) mass is 272 g/mol. The van der Waals surface area contributed by atoms with Crippen molar-refractivity contribution < 1.29 is 9.53 Å². The number of carbonyl (C=O) groups is 1. The molecule has 0 aliphatic carbocycles. The van der Waals surface area contributed by atoms with Crippen LogP contribution in [0.5, 0.6) is 0 Å². The number of nitrogens with zero attached hydrogens (tertiary/aromatic N) is 1. The highest BCUT2D eigenvalue weighted by atomic mass is 16.5. The molecule has 0 bridgehead atoms. The Balaban J connectivity index is 1.62. The summed E-state index contributed by atoms with van der Waals surface area (Å²) in [6.45, 7) is 1.44. The Morgan fingerprint density at radius 1 is 1.45 bits per heavy atom. The molecule has 2 heterocycles. The fourth-order valence-corrected chi connectivity index (χ4v) is 2.79. The van der Waals surface area contributed by atoms with Crippen LogP contribution < -0.4 is 0 Å². The van der Waals surface area contributed by atoms with E-state index in [1.165, 1.54) is 10.9 Å². The van der Waals surface area contributed by atoms with E-state index in [-0.39, 0.29) is 11.9 Å². The van der Waals surface area contributed by atoms with Gasteiger partial charge in [0.1, 0.15) is 0 Å². The lowest BCUT2D eigenvalue weighted by atomic mass is 10.1. The van der Waals surface area contributed by atoms with Crippen LogP contribution in [0.15, 0.2) is 30.5 Å². The van der Waals surface area contributed by atoms with E-state index in [0.29, 0.717) is 13.0 Å². The molecule has 3 rings (SSSR count). The Kier molecular flexibility index (Phi) is 3.74. The zero-order valence-corrected chi connectivity index (χ0v) is 11.8. The maximum Gasteiger partial charge on any atom is 0.222 e. The Morgan fingerprint density at radius 3 is 3.10 bits per heavy atom. The van der Waals surface area contributed by atoms with Crippen molar-refractivity contribution in [1.29, 1.82) is 0 Å². The maximum absolute atomic E-state index is 12.2. The standard InChI is InChI=1S/C16H20N2O2/c1-18(13-8-9-20-11-13)16(19)7-6-12-10-17-15-5-3-2-4-14(12)15/h2-5,10,13,17H,6-9,11H2,1H3. The minimum Gasteiger partial charge on any atom is -0.379 e. The minimum atomic E-state index is 0.200. The van der Waals surface area contributed by atoms with Gasteiger partial charge in [-0.05, 0) is 24.5 Å². The first kappa shape index (κ1) is 13.2. The van der Waals surface area contributed by atoms with E-state index in [4.69, 9.17) is 4.74 Å². The number of amides is 1. The fourth-order valence-electron chi connectivity index (χ4n) is 2.79. The van der Waals surface area contributed by atoms with Crippen LogP contribution in [0.25, 0.3) is 10.9 Å². The minimum absolute atomic E-state index is 0.200. The first-order valence-corrected chi connectivity index (χ1v) is 7.14. The number of carbonyl (C=O) groups excluding carboxylic acids is 1. The van der Waals surface area contributed by atoms with Crippen molar-refractivity contribution in [3.05, 3.63) is 36.0 Å². The molecule has 2 aromatic rings. The van der Waals surface area contributed by atoms with Crippen LogP contribution in [0.4, 0.5) is 0 Å². The summed E-state index contributed by atoms with van der Waals surface area (Å²) in [7, 11) is 1.89. The average Bonchev–Trinajstić information content (AvgIpc) is 3.13. The zero-order chi connectivity index (χ0) is 13.9. The number of likely N-dealkylation sites (N-methyl/N-ethyl adjacent to an activating group) is 1. The third kappa shape index (κ3) is 2.56. The predicted octanol–water partition coefficient (Wildman–Crippen LogP) is 2.35. The molecule has 0 saturated carbocycles. The second kappa shape index (κ2) is 5.67. The molecule has 1 aromatic heterocycles. The molecule has 4 nitrogen and oxygen atoms in total. The first-order chi connectivity index (χ1) is 9.75. The third-order valence-corrected chi connectivity index (χ3v) is 4.13. The maximum atomic E-state index is 12.2. The summed E-state index contributed by atoms with van der Waals surface area (Å²) < 4.78 is 5.34. The number of fused-ring (bicyclic) bond motifs is 1. The number of para-hydroxylation sites is 1. The van der Waals surface area contributed by atoms with Gasteiger partial charge >= 0.3 is 0 Å². The number of benzene rings is 1. The lowest BCUT2D eigenvalue weighted by Crippen LogP contribution is -2.37. The van der Waals surface area contributed by atoms with Crippen LogP contribution in [-0.2, 0) is 16.0 Å². The van der Waals surface area contributed by atoms with E-state index >= 15 is 0 Å². The highest BCUT2D eigenvalue weighted by molar-refractivity contribution is 5.84. The largest absolute Gasteiger partial charge is 0.379 e. The summed E-state index contributed by atoms with van der Waals surface area (Å²) in [5, 5.41) is 1.21. The van der Waals surface area contributed by atoms with E-state index in [2.05, 4.69) is 17.1 Å². The van der Waals surface area contributed by atoms with E-state index in [0.717, 1.165) is 25.0 Å². The number of aryl methyl sites for hydroxylation is 1. The Bertz CT molecular complexity index is 599. The molecule has 1 aliphatic heterocycles. The van der Waals surface area contributed by atoms with Gasteiger partial charge in [0, 0.05) is 37.2 Å². The number of hydrogen-bond acceptors (Lipinski definition) is 2. The van der Waals surface area contributed by atoms with E-state index < -0.39 is 0 Å². The molecule has 1 fully saturated rings. The lowest BCUT2D eigenvalue weighted by molar-refractivity contribution is -0.131. The summed E-state index contributed by atoms with van der Waals surface area (Å²) in [5.41, 5.74) is 2.34. The van der Waals surface area contributed by atoms with Crippen molar-refractivity contribution in [2.24, 2.45) is 0 Å². The van der Waals surface area contributed by atoms with Crippen molar-refractivity contribution in [2.45, 2.75) is 25.3 Å². The van der Waals surface area contributed by atoms with Gasteiger partial charge in [0.15, 0.2) is 0 Å². The summed E-state index contributed by atoms with van der Waals surface area (Å²) in [5.74, 6) is 0.200. The summed E-state index contributed by atoms with van der Waals surface area (Å²) in [6.07, 6.45) is 4.29. The number of H-pyrrole nitrogens is 1. The van der Waals surface area contributed by atoms with Crippen molar-refractivity contribution in [3.8, 4) is 0 Å². The normalized spacial score (nSPS) is 18.6. The van der Waals surface area contributed by atoms with Crippen molar-refractivity contribution in [2.75, 3.05) is 20.3 Å². The van der Waals surface area contributed by atoms with Gasteiger partial charge in [0.05, 0.1) is 12.6 Å². The second-order valence-electron chi connectivity index (χ2n) is 5.38. The highest BCUT2D eigenvalue weighted by Gasteiger charge is 2.23. The molecule has 1 aliphatic rings. The van der Waals surface area contributed by atoms with Gasteiger partial charge < -0.3 is 14.6 Å². The molecule has 4 heteroatoms. The number of aromatic nitrogens is 1. The van der Waals surface area contributed by atoms with Crippen LogP contribution in [0.3, 0.4) is 0 Å². The molecular weight excluding hydrogens is 252 g/mol. The predicted molar refractivity (Wildman–Crippen MR) is 78.6 cm³/mol. The third-order valence-electron chi connectivity index (χ3n) is 4.13. The molecule has 1 atom stereocenters. The van der Waals surface area contributed by atoms with Crippen LogP contribution in [0, 0.1) is 0 Å². The van der Waals surface area contributed by atoms with Crippen LogP contribution in [0.1, 0.15) is 18.4 Å². The van der Waals surface area contributed by atoms with Gasteiger partial charge in [0.25, 0.3) is 0 Å². The number of ether oxygens (including phenoxy) is 1. The molecule has 0 spiro atoms. The van der Waals surface area contributed by atoms with E-state index in [1.54, 1.807) is 0 Å².